The Balaban J connectivity index is 1.45. The summed E-state index contributed by atoms with van der Waals surface area (Å²) >= 11 is 0. The Morgan fingerprint density at radius 3 is 2.39 bits per heavy atom. The van der Waals surface area contributed by atoms with Crippen LogP contribution in [0.25, 0.3) is 0 Å². The van der Waals surface area contributed by atoms with E-state index in [0.717, 1.165) is 15.4 Å². The van der Waals surface area contributed by atoms with Crippen molar-refractivity contribution in [3.63, 3.8) is 0 Å². The number of sulfonamides is 1. The smallest absolute Gasteiger partial charge is 0.262 e. The predicted molar refractivity (Wildman–Crippen MR) is 137 cm³/mol. The minimum atomic E-state index is -3.86. The van der Waals surface area contributed by atoms with Gasteiger partial charge >= 0.3 is 0 Å². The fraction of sp³-hybridized carbons (Fsp3) is 0.259. The number of likely N-dealkylation sites (N-methyl/N-ethyl adjacent to an activating group) is 1. The average molecular weight is 508 g/mol. The molecule has 0 saturated carbocycles. The highest BCUT2D eigenvalue weighted by Gasteiger charge is 2.35. The third kappa shape index (κ3) is 5.75. The summed E-state index contributed by atoms with van der Waals surface area (Å²) in [4.78, 5) is 27.7. The average Bonchev–Trinajstić information content (AvgIpc) is 2.88. The molecule has 2 amide bonds. The lowest BCUT2D eigenvalue weighted by atomic mass is 10.1. The van der Waals surface area contributed by atoms with Gasteiger partial charge in [-0.25, -0.2) is 8.42 Å². The van der Waals surface area contributed by atoms with Gasteiger partial charge in [-0.05, 0) is 43.2 Å². The zero-order valence-electron chi connectivity index (χ0n) is 20.3. The molecule has 188 valence electrons. The molecule has 0 saturated heterocycles. The molecule has 8 nitrogen and oxygen atoms in total. The lowest BCUT2D eigenvalue weighted by Gasteiger charge is -2.35. The standard InChI is InChI=1S/C27H29N3O5S/c1-20-12-14-22(15-13-20)36(33,34)29(2)19-26(31)30-18-25(35-24-11-7-6-10-23(24)30)27(32)28-17-16-21-8-4-3-5-9-21/h3-15,25H,16-19H2,1-2H3,(H,28,32). The van der Waals surface area contributed by atoms with Gasteiger partial charge in [-0.1, -0.05) is 60.2 Å². The molecule has 1 unspecified atom stereocenters. The number of nitrogens with one attached hydrogen (secondary N) is 1. The van der Waals surface area contributed by atoms with Crippen LogP contribution in [0.5, 0.6) is 5.75 Å². The molecule has 0 aromatic heterocycles. The number of hydrogen-bond donors (Lipinski definition) is 1. The van der Waals surface area contributed by atoms with Crippen molar-refractivity contribution in [2.24, 2.45) is 0 Å². The van der Waals surface area contributed by atoms with E-state index in [2.05, 4.69) is 5.32 Å². The molecule has 0 bridgehead atoms. The zero-order valence-corrected chi connectivity index (χ0v) is 21.1. The van der Waals surface area contributed by atoms with E-state index in [-0.39, 0.29) is 23.9 Å². The predicted octanol–water partition coefficient (Wildman–Crippen LogP) is 2.77. The van der Waals surface area contributed by atoms with Crippen molar-refractivity contribution in [1.82, 2.24) is 9.62 Å². The molecule has 0 aliphatic carbocycles. The summed E-state index contributed by atoms with van der Waals surface area (Å²) in [5, 5.41) is 2.87. The summed E-state index contributed by atoms with van der Waals surface area (Å²) < 4.78 is 32.9. The van der Waals surface area contributed by atoms with Crippen LogP contribution in [0.15, 0.2) is 83.8 Å². The molecule has 0 spiro atoms. The lowest BCUT2D eigenvalue weighted by molar-refractivity contribution is -0.128. The fourth-order valence-electron chi connectivity index (χ4n) is 3.95. The molecule has 3 aromatic rings. The summed E-state index contributed by atoms with van der Waals surface area (Å²) in [6.45, 7) is 1.89. The Morgan fingerprint density at radius 2 is 1.67 bits per heavy atom. The number of carbonyl (C=O) groups is 2. The Hall–Kier alpha value is -3.69. The Morgan fingerprint density at radius 1 is 1.00 bits per heavy atom. The van der Waals surface area contributed by atoms with Crippen LogP contribution in [0.3, 0.4) is 0 Å². The first kappa shape index (κ1) is 25.4. The van der Waals surface area contributed by atoms with Gasteiger partial charge in [0.05, 0.1) is 23.7 Å². The molecule has 1 aliphatic heterocycles. The zero-order chi connectivity index (χ0) is 25.7. The van der Waals surface area contributed by atoms with Gasteiger partial charge < -0.3 is 15.0 Å². The van der Waals surface area contributed by atoms with Gasteiger partial charge in [0.2, 0.25) is 15.9 Å². The number of rotatable bonds is 8. The second-order valence-electron chi connectivity index (χ2n) is 8.68. The lowest BCUT2D eigenvalue weighted by Crippen LogP contribution is -2.52. The third-order valence-corrected chi connectivity index (χ3v) is 7.83. The van der Waals surface area contributed by atoms with Gasteiger partial charge in [-0.2, -0.15) is 4.31 Å². The monoisotopic (exact) mass is 507 g/mol. The summed E-state index contributed by atoms with van der Waals surface area (Å²) in [5.74, 6) is -0.394. The van der Waals surface area contributed by atoms with E-state index in [9.17, 15) is 18.0 Å². The van der Waals surface area contributed by atoms with Gasteiger partial charge in [-0.15, -0.1) is 0 Å². The third-order valence-electron chi connectivity index (χ3n) is 6.01. The van der Waals surface area contributed by atoms with E-state index in [1.807, 2.05) is 37.3 Å². The maximum atomic E-state index is 13.3. The summed E-state index contributed by atoms with van der Waals surface area (Å²) in [6, 6.07) is 23.2. The van der Waals surface area contributed by atoms with Crippen LogP contribution in [-0.2, 0) is 26.0 Å². The summed E-state index contributed by atoms with van der Waals surface area (Å²) in [6.07, 6.45) is -0.251. The largest absolute Gasteiger partial charge is 0.477 e. The number of aryl methyl sites for hydroxylation is 1. The molecular weight excluding hydrogens is 478 g/mol. The molecule has 1 heterocycles. The normalized spacial score (nSPS) is 15.2. The van der Waals surface area contributed by atoms with E-state index in [4.69, 9.17) is 4.74 Å². The molecule has 1 atom stereocenters. The van der Waals surface area contributed by atoms with Crippen molar-refractivity contribution in [2.45, 2.75) is 24.3 Å². The number of nitrogens with zero attached hydrogens (tertiary/aromatic N) is 2. The number of fused-ring (bicyclic) bond motifs is 1. The van der Waals surface area contributed by atoms with Crippen molar-refractivity contribution in [3.05, 3.63) is 90.0 Å². The maximum absolute atomic E-state index is 13.3. The van der Waals surface area contributed by atoms with Gasteiger partial charge in [-0.3, -0.25) is 9.59 Å². The maximum Gasteiger partial charge on any atom is 0.262 e. The first-order valence-corrected chi connectivity index (χ1v) is 13.1. The number of amides is 2. The molecule has 3 aromatic carbocycles. The molecular formula is C27H29N3O5S. The van der Waals surface area contributed by atoms with E-state index >= 15 is 0 Å². The topological polar surface area (TPSA) is 96.0 Å². The highest BCUT2D eigenvalue weighted by Crippen LogP contribution is 2.33. The first-order chi connectivity index (χ1) is 17.3. The molecule has 36 heavy (non-hydrogen) atoms. The molecule has 4 rings (SSSR count). The van der Waals surface area contributed by atoms with Gasteiger partial charge in [0.1, 0.15) is 5.75 Å². The highest BCUT2D eigenvalue weighted by atomic mass is 32.2. The number of benzene rings is 3. The Kier molecular flexibility index (Phi) is 7.71. The van der Waals surface area contributed by atoms with Crippen molar-refractivity contribution in [1.29, 1.82) is 0 Å². The summed E-state index contributed by atoms with van der Waals surface area (Å²) in [5.41, 5.74) is 2.53. The summed E-state index contributed by atoms with van der Waals surface area (Å²) in [7, 11) is -2.49. The number of ether oxygens (including phenoxy) is 1. The van der Waals surface area contributed by atoms with E-state index < -0.39 is 22.0 Å². The van der Waals surface area contributed by atoms with E-state index in [1.165, 1.54) is 24.1 Å². The second kappa shape index (κ2) is 10.9. The minimum absolute atomic E-state index is 0.0224. The molecule has 9 heteroatoms. The number of para-hydroxylation sites is 2. The van der Waals surface area contributed by atoms with Crippen LogP contribution < -0.4 is 15.0 Å². The Bertz CT molecular complexity index is 1330. The van der Waals surface area contributed by atoms with E-state index in [1.54, 1.807) is 36.4 Å². The minimum Gasteiger partial charge on any atom is -0.477 e. The molecule has 1 aliphatic rings. The fourth-order valence-corrected chi connectivity index (χ4v) is 5.07. The van der Waals surface area contributed by atoms with Crippen molar-refractivity contribution in [2.75, 3.05) is 31.6 Å². The van der Waals surface area contributed by atoms with Crippen molar-refractivity contribution < 1.29 is 22.7 Å². The number of anilines is 1. The van der Waals surface area contributed by atoms with Gasteiger partial charge in [0, 0.05) is 13.6 Å². The van der Waals surface area contributed by atoms with E-state index in [0.29, 0.717) is 24.4 Å². The molecule has 1 N–H and O–H groups in total. The first-order valence-electron chi connectivity index (χ1n) is 11.7. The number of carbonyl (C=O) groups excluding carboxylic acids is 2. The molecule has 0 fully saturated rings. The van der Waals surface area contributed by atoms with Gasteiger partial charge in [0.15, 0.2) is 6.10 Å². The quantitative estimate of drug-likeness (QED) is 0.506. The second-order valence-corrected chi connectivity index (χ2v) is 10.7. The van der Waals surface area contributed by atoms with Crippen molar-refractivity contribution >= 4 is 27.5 Å². The van der Waals surface area contributed by atoms with Crippen LogP contribution in [0.4, 0.5) is 5.69 Å². The van der Waals surface area contributed by atoms with Crippen LogP contribution >= 0.6 is 0 Å². The van der Waals surface area contributed by atoms with Crippen molar-refractivity contribution in [3.8, 4) is 5.75 Å². The van der Waals surface area contributed by atoms with Crippen LogP contribution in [0.1, 0.15) is 11.1 Å². The Labute approximate surface area is 211 Å². The van der Waals surface area contributed by atoms with Crippen LogP contribution in [-0.4, -0.2) is 57.3 Å². The molecule has 0 radical (unpaired) electrons. The number of hydrogen-bond acceptors (Lipinski definition) is 5. The SMILES string of the molecule is Cc1ccc(S(=O)(=O)N(C)CC(=O)N2CC(C(=O)NCCc3ccccc3)Oc3ccccc32)cc1. The highest BCUT2D eigenvalue weighted by molar-refractivity contribution is 7.89. The van der Waals surface area contributed by atoms with Crippen LogP contribution in [0, 0.1) is 6.92 Å². The van der Waals surface area contributed by atoms with Crippen LogP contribution in [0.2, 0.25) is 0 Å². The van der Waals surface area contributed by atoms with Gasteiger partial charge in [0.25, 0.3) is 5.91 Å².